The van der Waals surface area contributed by atoms with Gasteiger partial charge in [-0.05, 0) is 105 Å². The van der Waals surface area contributed by atoms with Crippen molar-refractivity contribution in [2.45, 2.75) is 117 Å². The van der Waals surface area contributed by atoms with Crippen LogP contribution >= 0.6 is 0 Å². The first-order chi connectivity index (χ1) is 20.3. The van der Waals surface area contributed by atoms with Crippen molar-refractivity contribution < 1.29 is 33.3 Å². The van der Waals surface area contributed by atoms with Crippen LogP contribution in [0.25, 0.3) is 0 Å². The number of unbranched alkanes of at least 4 members (excludes halogenated alkanes) is 1. The van der Waals surface area contributed by atoms with E-state index in [0.717, 1.165) is 62.0 Å². The molecule has 3 aliphatic rings. The van der Waals surface area contributed by atoms with Crippen molar-refractivity contribution in [2.75, 3.05) is 32.9 Å². The van der Waals surface area contributed by atoms with Crippen LogP contribution in [0.3, 0.4) is 0 Å². The number of amides is 1. The Kier molecular flexibility index (Phi) is 10.7. The lowest BCUT2D eigenvalue weighted by atomic mass is 9.63. The van der Waals surface area contributed by atoms with Crippen molar-refractivity contribution in [3.8, 4) is 11.5 Å². The number of esters is 1. The van der Waals surface area contributed by atoms with Gasteiger partial charge in [-0.15, -0.1) is 0 Å². The van der Waals surface area contributed by atoms with Gasteiger partial charge in [-0.2, -0.15) is 0 Å². The van der Waals surface area contributed by atoms with E-state index in [1.165, 1.54) is 5.57 Å². The second kappa shape index (κ2) is 13.9. The standard InChI is InChI=1S/C35H53NO7/c1-8-39-29(37)16-9-10-22-40-28-15-11-14-26-30-27(34(7,42-31(26)28)17-12-13-25(2)3)23-35(24-41-30)18-20-36(21-19-35)32(38)43-33(4,5)6/h11,13-15,27,30H,8-10,12,16-24H2,1-7H3/t27-,30+,34-/m0/s1. The molecule has 3 heterocycles. The lowest BCUT2D eigenvalue weighted by Gasteiger charge is -2.55. The zero-order valence-electron chi connectivity index (χ0n) is 27.5. The van der Waals surface area contributed by atoms with E-state index >= 15 is 0 Å². The molecule has 1 aromatic rings. The third-order valence-corrected chi connectivity index (χ3v) is 9.03. The topological polar surface area (TPSA) is 83.5 Å². The van der Waals surface area contributed by atoms with Crippen LogP contribution in [-0.2, 0) is 19.0 Å². The van der Waals surface area contributed by atoms with Crippen LogP contribution in [0.1, 0.15) is 112 Å². The van der Waals surface area contributed by atoms with Crippen LogP contribution in [0, 0.1) is 11.3 Å². The van der Waals surface area contributed by atoms with Crippen molar-refractivity contribution >= 4 is 12.1 Å². The normalized spacial score (nSPS) is 24.3. The largest absolute Gasteiger partial charge is 0.490 e. The van der Waals surface area contributed by atoms with Crippen LogP contribution in [0.2, 0.25) is 0 Å². The van der Waals surface area contributed by atoms with Crippen molar-refractivity contribution in [3.63, 3.8) is 0 Å². The Bertz CT molecular complexity index is 1140. The highest BCUT2D eigenvalue weighted by molar-refractivity contribution is 5.69. The van der Waals surface area contributed by atoms with Gasteiger partial charge in [-0.1, -0.05) is 23.8 Å². The Morgan fingerprint density at radius 3 is 2.56 bits per heavy atom. The Hall–Kier alpha value is -2.74. The molecular weight excluding hydrogens is 546 g/mol. The van der Waals surface area contributed by atoms with Gasteiger partial charge in [0.15, 0.2) is 11.5 Å². The fourth-order valence-corrected chi connectivity index (χ4v) is 6.66. The van der Waals surface area contributed by atoms with Gasteiger partial charge in [-0.25, -0.2) is 4.79 Å². The quantitative estimate of drug-likeness (QED) is 0.154. The summed E-state index contributed by atoms with van der Waals surface area (Å²) in [5.74, 6) is 1.52. The van der Waals surface area contributed by atoms with Crippen LogP contribution in [-0.4, -0.2) is 61.1 Å². The summed E-state index contributed by atoms with van der Waals surface area (Å²) in [5.41, 5.74) is 1.41. The fraction of sp³-hybridized carbons (Fsp3) is 0.714. The van der Waals surface area contributed by atoms with Crippen LogP contribution < -0.4 is 9.47 Å². The molecular formula is C35H53NO7. The second-order valence-electron chi connectivity index (χ2n) is 14.0. The van der Waals surface area contributed by atoms with E-state index in [0.29, 0.717) is 39.3 Å². The molecule has 0 unspecified atom stereocenters. The Balaban J connectivity index is 1.49. The first-order valence-corrected chi connectivity index (χ1v) is 16.2. The average Bonchev–Trinajstić information content (AvgIpc) is 2.93. The van der Waals surface area contributed by atoms with Gasteiger partial charge in [-0.3, -0.25) is 4.79 Å². The van der Waals surface area contributed by atoms with Crippen molar-refractivity contribution in [1.82, 2.24) is 4.90 Å². The van der Waals surface area contributed by atoms with Crippen LogP contribution in [0.4, 0.5) is 4.79 Å². The maximum absolute atomic E-state index is 12.7. The molecule has 0 bridgehead atoms. The highest BCUT2D eigenvalue weighted by atomic mass is 16.6. The second-order valence-corrected chi connectivity index (χ2v) is 14.0. The van der Waals surface area contributed by atoms with E-state index in [9.17, 15) is 9.59 Å². The minimum absolute atomic E-state index is 0.00531. The van der Waals surface area contributed by atoms with Gasteiger partial charge in [0.1, 0.15) is 11.2 Å². The van der Waals surface area contributed by atoms with E-state index in [-0.39, 0.29) is 29.5 Å². The van der Waals surface area contributed by atoms with E-state index in [1.807, 2.05) is 44.7 Å². The maximum Gasteiger partial charge on any atom is 0.410 e. The number of para-hydroxylation sites is 1. The highest BCUT2D eigenvalue weighted by Gasteiger charge is 2.55. The van der Waals surface area contributed by atoms with Gasteiger partial charge in [0.05, 0.1) is 25.9 Å². The Labute approximate surface area is 258 Å². The number of ether oxygens (including phenoxy) is 5. The molecule has 1 aromatic carbocycles. The maximum atomic E-state index is 12.7. The number of nitrogens with zero attached hydrogens (tertiary/aromatic N) is 1. The summed E-state index contributed by atoms with van der Waals surface area (Å²) >= 11 is 0. The number of allylic oxidation sites excluding steroid dienone is 2. The molecule has 3 aliphatic heterocycles. The van der Waals surface area contributed by atoms with Crippen molar-refractivity contribution in [2.24, 2.45) is 11.3 Å². The molecule has 3 atom stereocenters. The minimum Gasteiger partial charge on any atom is -0.490 e. The molecule has 8 heteroatoms. The predicted octanol–water partition coefficient (Wildman–Crippen LogP) is 7.79. The lowest BCUT2D eigenvalue weighted by molar-refractivity contribution is -0.180. The highest BCUT2D eigenvalue weighted by Crippen LogP contribution is 2.58. The molecule has 0 aromatic heterocycles. The number of fused-ring (bicyclic) bond motifs is 3. The summed E-state index contributed by atoms with van der Waals surface area (Å²) in [6, 6.07) is 6.10. The number of hydrogen-bond donors (Lipinski definition) is 0. The SMILES string of the molecule is CCOC(=O)CCCCOc1cccc2c1O[C@@](C)(CCC=C(C)C)[C@H]1CC3(CCN(C(=O)OC(C)(C)C)CC3)CO[C@H]21. The van der Waals surface area contributed by atoms with Gasteiger partial charge in [0.2, 0.25) is 0 Å². The molecule has 8 nitrogen and oxygen atoms in total. The Morgan fingerprint density at radius 1 is 1.14 bits per heavy atom. The summed E-state index contributed by atoms with van der Waals surface area (Å²) in [4.78, 5) is 26.3. The van der Waals surface area contributed by atoms with Crippen LogP contribution in [0.5, 0.6) is 11.5 Å². The van der Waals surface area contributed by atoms with Crippen molar-refractivity contribution in [3.05, 3.63) is 35.4 Å². The molecule has 1 spiro atoms. The fourth-order valence-electron chi connectivity index (χ4n) is 6.66. The summed E-state index contributed by atoms with van der Waals surface area (Å²) in [6.07, 6.45) is 8.41. The third-order valence-electron chi connectivity index (χ3n) is 9.03. The smallest absolute Gasteiger partial charge is 0.410 e. The van der Waals surface area contributed by atoms with Gasteiger partial charge >= 0.3 is 12.1 Å². The van der Waals surface area contributed by atoms with E-state index in [1.54, 1.807) is 0 Å². The molecule has 1 amide bonds. The molecule has 2 saturated heterocycles. The average molecular weight is 600 g/mol. The zero-order chi connectivity index (χ0) is 31.3. The number of carbonyl (C=O) groups is 2. The lowest BCUT2D eigenvalue weighted by Crippen LogP contribution is -2.56. The molecule has 0 N–H and O–H groups in total. The summed E-state index contributed by atoms with van der Waals surface area (Å²) in [5, 5.41) is 0. The first-order valence-electron chi connectivity index (χ1n) is 16.2. The predicted molar refractivity (Wildman–Crippen MR) is 166 cm³/mol. The van der Waals surface area contributed by atoms with Gasteiger partial charge in [0, 0.05) is 31.0 Å². The molecule has 0 aliphatic carbocycles. The molecule has 2 fully saturated rings. The number of rotatable bonds is 10. The van der Waals surface area contributed by atoms with E-state index in [4.69, 9.17) is 23.7 Å². The number of piperidine rings is 1. The third kappa shape index (κ3) is 8.46. The van der Waals surface area contributed by atoms with Crippen LogP contribution in [0.15, 0.2) is 29.8 Å². The number of likely N-dealkylation sites (tertiary alicyclic amines) is 1. The molecule has 0 radical (unpaired) electrons. The molecule has 0 saturated carbocycles. The number of benzene rings is 1. The molecule has 43 heavy (non-hydrogen) atoms. The summed E-state index contributed by atoms with van der Waals surface area (Å²) < 4.78 is 30.7. The first kappa shape index (κ1) is 33.2. The molecule has 4 rings (SSSR count). The Morgan fingerprint density at radius 2 is 1.88 bits per heavy atom. The van der Waals surface area contributed by atoms with Crippen molar-refractivity contribution in [1.29, 1.82) is 0 Å². The number of hydrogen-bond acceptors (Lipinski definition) is 7. The van der Waals surface area contributed by atoms with Gasteiger partial charge < -0.3 is 28.6 Å². The number of carbonyl (C=O) groups excluding carboxylic acids is 2. The molecule has 240 valence electrons. The zero-order valence-corrected chi connectivity index (χ0v) is 27.5. The van der Waals surface area contributed by atoms with E-state index < -0.39 is 11.2 Å². The minimum atomic E-state index is -0.501. The monoisotopic (exact) mass is 599 g/mol. The van der Waals surface area contributed by atoms with Gasteiger partial charge in [0.25, 0.3) is 0 Å². The summed E-state index contributed by atoms with van der Waals surface area (Å²) in [7, 11) is 0. The van der Waals surface area contributed by atoms with E-state index in [2.05, 4.69) is 32.9 Å². The summed E-state index contributed by atoms with van der Waals surface area (Å²) in [6.45, 7) is 17.0.